The number of hydrogen-bond acceptors (Lipinski definition) is 9. The molecular formula is C43H79N3O6. The highest BCUT2D eigenvalue weighted by Crippen LogP contribution is 2.45. The molecule has 0 spiro atoms. The van der Waals surface area contributed by atoms with Crippen molar-refractivity contribution in [2.45, 2.75) is 250 Å². The van der Waals surface area contributed by atoms with Crippen LogP contribution in [0.5, 0.6) is 0 Å². The minimum absolute atomic E-state index is 0.0000505. The molecule has 0 aromatic rings. The topological polar surface area (TPSA) is 91.8 Å². The van der Waals surface area contributed by atoms with E-state index in [0.717, 1.165) is 38.5 Å². The van der Waals surface area contributed by atoms with Gasteiger partial charge in [0, 0.05) is 52.0 Å². The van der Waals surface area contributed by atoms with Crippen LogP contribution >= 0.6 is 0 Å². The van der Waals surface area contributed by atoms with Crippen LogP contribution < -0.4 is 0 Å². The van der Waals surface area contributed by atoms with Crippen molar-refractivity contribution in [2.75, 3.05) is 7.05 Å². The van der Waals surface area contributed by atoms with E-state index in [-0.39, 0.29) is 81.7 Å². The lowest BCUT2D eigenvalue weighted by molar-refractivity contribution is -0.318. The summed E-state index contributed by atoms with van der Waals surface area (Å²) in [6, 6.07) is 0. The number of Topliss-reactive ketones (excluding diaryl/α,β-unsaturated/α-hetero) is 1. The van der Waals surface area contributed by atoms with E-state index >= 15 is 0 Å². The molecule has 5 fully saturated rings. The normalized spacial score (nSPS) is 29.2. The second kappa shape index (κ2) is 16.6. The van der Waals surface area contributed by atoms with Gasteiger partial charge in [0.05, 0.1) is 18.3 Å². The van der Waals surface area contributed by atoms with E-state index in [1.54, 1.807) is 0 Å². The molecule has 5 aliphatic rings. The van der Waals surface area contributed by atoms with Crippen molar-refractivity contribution in [3.8, 4) is 0 Å². The van der Waals surface area contributed by atoms with Gasteiger partial charge < -0.3 is 9.84 Å². The molecule has 302 valence electrons. The third-order valence-corrected chi connectivity index (χ3v) is 13.1. The standard InChI is InChI=1S/C33H58N2O5.C10H21NO/c1-30(2)20-24(21-31(3,4)34(30)39-25-15-11-9-12-16-25)28(36)19-29(37)38-27-22-32(5,6)35(33(7,8)23-27)40-26-17-13-10-14-18-26;1-9(2)6-8(12)7-10(3,4)11(9)5/h24-27H,9-23H2,1-8H3;8,12H,6-7H2,1-5H3. The van der Waals surface area contributed by atoms with Gasteiger partial charge in [0.2, 0.25) is 0 Å². The fourth-order valence-corrected chi connectivity index (χ4v) is 10.8. The number of carbonyl (C=O) groups excluding carboxylic acids is 2. The lowest BCUT2D eigenvalue weighted by Crippen LogP contribution is -2.63. The van der Waals surface area contributed by atoms with Crippen LogP contribution in [0.1, 0.15) is 192 Å². The summed E-state index contributed by atoms with van der Waals surface area (Å²) in [5, 5.41) is 14.0. The second-order valence-corrected chi connectivity index (χ2v) is 21.1. The molecule has 0 radical (unpaired) electrons. The number of likely N-dealkylation sites (tertiary alicyclic amines) is 1. The van der Waals surface area contributed by atoms with Gasteiger partial charge in [-0.3, -0.25) is 24.2 Å². The average Bonchev–Trinajstić information content (AvgIpc) is 2.99. The van der Waals surface area contributed by atoms with Crippen molar-refractivity contribution in [1.82, 2.24) is 15.0 Å². The van der Waals surface area contributed by atoms with Crippen LogP contribution in [0.3, 0.4) is 0 Å². The molecule has 1 N–H and O–H groups in total. The summed E-state index contributed by atoms with van der Waals surface area (Å²) < 4.78 is 6.01. The lowest BCUT2D eigenvalue weighted by atomic mass is 9.73. The molecule has 52 heavy (non-hydrogen) atoms. The molecule has 3 aliphatic heterocycles. The summed E-state index contributed by atoms with van der Waals surface area (Å²) >= 11 is 0. The molecule has 9 heteroatoms. The maximum Gasteiger partial charge on any atom is 0.313 e. The predicted octanol–water partition coefficient (Wildman–Crippen LogP) is 8.94. The molecule has 0 atom stereocenters. The van der Waals surface area contributed by atoms with E-state index in [1.165, 1.54) is 38.5 Å². The minimum Gasteiger partial charge on any atom is -0.462 e. The van der Waals surface area contributed by atoms with Crippen molar-refractivity contribution in [1.29, 1.82) is 0 Å². The van der Waals surface area contributed by atoms with Crippen LogP contribution in [0.25, 0.3) is 0 Å². The molecule has 0 aromatic heterocycles. The van der Waals surface area contributed by atoms with Gasteiger partial charge >= 0.3 is 5.97 Å². The largest absolute Gasteiger partial charge is 0.462 e. The summed E-state index contributed by atoms with van der Waals surface area (Å²) in [6.07, 6.45) is 16.5. The fraction of sp³-hybridized carbons (Fsp3) is 0.953. The quantitative estimate of drug-likeness (QED) is 0.194. The van der Waals surface area contributed by atoms with Crippen LogP contribution in [0.15, 0.2) is 0 Å². The van der Waals surface area contributed by atoms with E-state index in [4.69, 9.17) is 14.4 Å². The summed E-state index contributed by atoms with van der Waals surface area (Å²) in [4.78, 5) is 42.1. The smallest absolute Gasteiger partial charge is 0.313 e. The highest BCUT2D eigenvalue weighted by Gasteiger charge is 2.51. The van der Waals surface area contributed by atoms with Crippen LogP contribution in [-0.2, 0) is 24.0 Å². The monoisotopic (exact) mass is 734 g/mol. The Balaban J connectivity index is 0.000000427. The number of carbonyl (C=O) groups is 2. The maximum atomic E-state index is 13.5. The Bertz CT molecular complexity index is 1150. The van der Waals surface area contributed by atoms with Gasteiger partial charge in [-0.15, -0.1) is 0 Å². The molecule has 3 saturated heterocycles. The Hall–Kier alpha value is -1.10. The SMILES string of the molecule is CC1(C)CC(OC(=O)CC(=O)C2CC(C)(C)N(OC3CCCCC3)C(C)(C)C2)CC(C)(C)N1OC1CCCCC1.CN1C(C)(C)CC(O)CC1(C)C. The van der Waals surface area contributed by atoms with E-state index in [0.29, 0.717) is 25.7 Å². The highest BCUT2D eigenvalue weighted by molar-refractivity contribution is 5.97. The number of nitrogens with zero attached hydrogens (tertiary/aromatic N) is 3. The predicted molar refractivity (Wildman–Crippen MR) is 209 cm³/mol. The summed E-state index contributed by atoms with van der Waals surface area (Å²) in [7, 11) is 2.14. The Morgan fingerprint density at radius 1 is 0.538 bits per heavy atom. The summed E-state index contributed by atoms with van der Waals surface area (Å²) in [5.41, 5.74) is -0.867. The zero-order valence-electron chi connectivity index (χ0n) is 35.7. The molecule has 5 rings (SSSR count). The van der Waals surface area contributed by atoms with Gasteiger partial charge in [-0.1, -0.05) is 38.5 Å². The number of rotatable bonds is 8. The Morgan fingerprint density at radius 2 is 0.904 bits per heavy atom. The summed E-state index contributed by atoms with van der Waals surface area (Å²) in [6.45, 7) is 26.2. The van der Waals surface area contributed by atoms with Gasteiger partial charge in [-0.25, -0.2) is 0 Å². The Kier molecular flexibility index (Phi) is 13.9. The zero-order valence-corrected chi connectivity index (χ0v) is 35.7. The van der Waals surface area contributed by atoms with Crippen molar-refractivity contribution in [3.63, 3.8) is 0 Å². The van der Waals surface area contributed by atoms with Gasteiger partial charge in [0.25, 0.3) is 0 Å². The number of hydrogen-bond donors (Lipinski definition) is 1. The minimum atomic E-state index is -0.389. The molecule has 0 amide bonds. The van der Waals surface area contributed by atoms with E-state index in [1.807, 2.05) is 0 Å². The molecule has 3 heterocycles. The first kappa shape index (κ1) is 43.6. The molecular weight excluding hydrogens is 654 g/mol. The van der Waals surface area contributed by atoms with Gasteiger partial charge in [-0.2, -0.15) is 10.1 Å². The van der Waals surface area contributed by atoms with Gasteiger partial charge in [-0.05, 0) is 141 Å². The third kappa shape index (κ3) is 11.0. The number of hydroxylamine groups is 4. The van der Waals surface area contributed by atoms with Crippen molar-refractivity contribution in [3.05, 3.63) is 0 Å². The number of piperidine rings is 3. The van der Waals surface area contributed by atoms with Crippen molar-refractivity contribution in [2.24, 2.45) is 5.92 Å². The van der Waals surface area contributed by atoms with Crippen molar-refractivity contribution >= 4 is 11.8 Å². The first-order chi connectivity index (χ1) is 23.8. The summed E-state index contributed by atoms with van der Waals surface area (Å²) in [5.74, 6) is -0.567. The Morgan fingerprint density at radius 3 is 1.29 bits per heavy atom. The van der Waals surface area contributed by atoms with E-state index in [2.05, 4.69) is 105 Å². The highest BCUT2D eigenvalue weighted by atomic mass is 16.7. The molecule has 0 aromatic carbocycles. The average molecular weight is 734 g/mol. The van der Waals surface area contributed by atoms with Crippen LogP contribution in [-0.4, -0.2) is 96.6 Å². The molecule has 2 saturated carbocycles. The van der Waals surface area contributed by atoms with Crippen LogP contribution in [0.2, 0.25) is 0 Å². The van der Waals surface area contributed by atoms with Gasteiger partial charge in [0.1, 0.15) is 18.3 Å². The molecule has 0 unspecified atom stereocenters. The molecule has 2 aliphatic carbocycles. The number of ether oxygens (including phenoxy) is 1. The lowest BCUT2D eigenvalue weighted by Gasteiger charge is -2.55. The fourth-order valence-electron chi connectivity index (χ4n) is 10.8. The maximum absolute atomic E-state index is 13.5. The van der Waals surface area contributed by atoms with Crippen molar-refractivity contribution < 1.29 is 29.1 Å². The zero-order chi connectivity index (χ0) is 38.9. The van der Waals surface area contributed by atoms with E-state index in [9.17, 15) is 14.7 Å². The third-order valence-electron chi connectivity index (χ3n) is 13.1. The van der Waals surface area contributed by atoms with E-state index < -0.39 is 0 Å². The second-order valence-electron chi connectivity index (χ2n) is 21.1. The molecule has 0 bridgehead atoms. The number of aliphatic hydroxyl groups is 1. The first-order valence-corrected chi connectivity index (χ1v) is 20.9. The van der Waals surface area contributed by atoms with Crippen LogP contribution in [0, 0.1) is 5.92 Å². The van der Waals surface area contributed by atoms with Crippen LogP contribution in [0.4, 0.5) is 0 Å². The number of esters is 1. The Labute approximate surface area is 318 Å². The number of ketones is 1. The number of aliphatic hydroxyl groups excluding tert-OH is 1. The first-order valence-electron chi connectivity index (χ1n) is 20.9. The van der Waals surface area contributed by atoms with Gasteiger partial charge in [0.15, 0.2) is 0 Å². The molecule has 9 nitrogen and oxygen atoms in total.